The molecule has 3 N–H and O–H groups in total. The predicted octanol–water partition coefficient (Wildman–Crippen LogP) is 1.49. The number of carbonyl (C=O) groups is 1. The van der Waals surface area contributed by atoms with Gasteiger partial charge in [0.15, 0.2) is 0 Å². The molecule has 1 aliphatic carbocycles. The van der Waals surface area contributed by atoms with Crippen LogP contribution in [0.1, 0.15) is 52.4 Å². The largest absolute Gasteiger partial charge is 0.368 e. The Morgan fingerprint density at radius 3 is 2.22 bits per heavy atom. The standard InChI is InChI=1S/C14H29N3O/c1-3-5-9-17(10-6-4-2)11-13(14(15)18)16-12-7-8-12/h12-13,16H,3-11H2,1-2H3,(H2,15,18). The second-order valence-electron chi connectivity index (χ2n) is 5.40. The third-order valence-electron chi connectivity index (χ3n) is 3.45. The summed E-state index contributed by atoms with van der Waals surface area (Å²) in [4.78, 5) is 13.9. The summed E-state index contributed by atoms with van der Waals surface area (Å²) in [5.41, 5.74) is 5.49. The molecule has 18 heavy (non-hydrogen) atoms. The third-order valence-corrected chi connectivity index (χ3v) is 3.45. The van der Waals surface area contributed by atoms with Gasteiger partial charge in [0.05, 0.1) is 6.04 Å². The quantitative estimate of drug-likeness (QED) is 0.588. The zero-order valence-electron chi connectivity index (χ0n) is 12.0. The molecule has 0 aromatic carbocycles. The number of unbranched alkanes of at least 4 members (excludes halogenated alkanes) is 2. The fourth-order valence-electron chi connectivity index (χ4n) is 2.08. The van der Waals surface area contributed by atoms with Crippen LogP contribution in [0.25, 0.3) is 0 Å². The van der Waals surface area contributed by atoms with E-state index in [1.54, 1.807) is 0 Å². The van der Waals surface area contributed by atoms with Crippen molar-refractivity contribution >= 4 is 5.91 Å². The lowest BCUT2D eigenvalue weighted by molar-refractivity contribution is -0.120. The van der Waals surface area contributed by atoms with E-state index in [1.807, 2.05) is 0 Å². The molecule has 1 atom stereocenters. The Hall–Kier alpha value is -0.610. The summed E-state index contributed by atoms with van der Waals surface area (Å²) in [5.74, 6) is -0.208. The van der Waals surface area contributed by atoms with Crippen LogP contribution in [0.4, 0.5) is 0 Å². The Labute approximate surface area is 111 Å². The molecule has 1 aliphatic rings. The summed E-state index contributed by atoms with van der Waals surface area (Å²) < 4.78 is 0. The van der Waals surface area contributed by atoms with Gasteiger partial charge < -0.3 is 16.0 Å². The van der Waals surface area contributed by atoms with Gasteiger partial charge in [0.2, 0.25) is 5.91 Å². The van der Waals surface area contributed by atoms with Crippen LogP contribution in [0.3, 0.4) is 0 Å². The van der Waals surface area contributed by atoms with Gasteiger partial charge in [-0.05, 0) is 38.8 Å². The second kappa shape index (κ2) is 8.48. The lowest BCUT2D eigenvalue weighted by Crippen LogP contribution is -2.50. The van der Waals surface area contributed by atoms with Crippen molar-refractivity contribution in [3.05, 3.63) is 0 Å². The minimum Gasteiger partial charge on any atom is -0.368 e. The molecule has 1 fully saturated rings. The number of amides is 1. The molecule has 0 heterocycles. The molecule has 0 radical (unpaired) electrons. The van der Waals surface area contributed by atoms with Gasteiger partial charge in [0.1, 0.15) is 0 Å². The number of hydrogen-bond donors (Lipinski definition) is 2. The van der Waals surface area contributed by atoms with Crippen LogP contribution in [0, 0.1) is 0 Å². The van der Waals surface area contributed by atoms with Gasteiger partial charge >= 0.3 is 0 Å². The van der Waals surface area contributed by atoms with E-state index in [9.17, 15) is 4.79 Å². The van der Waals surface area contributed by atoms with Gasteiger partial charge in [-0.3, -0.25) is 4.79 Å². The highest BCUT2D eigenvalue weighted by atomic mass is 16.1. The summed E-state index contributed by atoms with van der Waals surface area (Å²) in [7, 11) is 0. The minimum absolute atomic E-state index is 0.175. The topological polar surface area (TPSA) is 58.4 Å². The van der Waals surface area contributed by atoms with Crippen molar-refractivity contribution in [1.29, 1.82) is 0 Å². The SMILES string of the molecule is CCCCN(CCCC)CC(NC1CC1)C(N)=O. The molecule has 4 nitrogen and oxygen atoms in total. The summed E-state index contributed by atoms with van der Waals surface area (Å²) in [6.07, 6.45) is 7.15. The van der Waals surface area contributed by atoms with Crippen molar-refractivity contribution in [2.24, 2.45) is 5.73 Å². The third kappa shape index (κ3) is 6.36. The predicted molar refractivity (Wildman–Crippen MR) is 75.4 cm³/mol. The minimum atomic E-state index is -0.208. The molecular weight excluding hydrogens is 226 g/mol. The normalized spacial score (nSPS) is 17.1. The first-order valence-electron chi connectivity index (χ1n) is 7.45. The Morgan fingerprint density at radius 1 is 1.28 bits per heavy atom. The van der Waals surface area contributed by atoms with Crippen LogP contribution in [0.2, 0.25) is 0 Å². The molecule has 1 unspecified atom stereocenters. The van der Waals surface area contributed by atoms with Gasteiger partial charge in [0, 0.05) is 12.6 Å². The molecule has 0 aromatic rings. The van der Waals surface area contributed by atoms with Crippen LogP contribution in [-0.2, 0) is 4.79 Å². The van der Waals surface area contributed by atoms with Gasteiger partial charge in [-0.15, -0.1) is 0 Å². The van der Waals surface area contributed by atoms with Crippen LogP contribution in [-0.4, -0.2) is 42.5 Å². The van der Waals surface area contributed by atoms with E-state index in [4.69, 9.17) is 5.73 Å². The summed E-state index contributed by atoms with van der Waals surface area (Å²) in [6.45, 7) is 7.32. The monoisotopic (exact) mass is 255 g/mol. The Bertz CT molecular complexity index is 233. The lowest BCUT2D eigenvalue weighted by atomic mass is 10.2. The van der Waals surface area contributed by atoms with E-state index in [0.717, 1.165) is 19.6 Å². The number of carbonyl (C=O) groups excluding carboxylic acids is 1. The van der Waals surface area contributed by atoms with Crippen molar-refractivity contribution in [2.75, 3.05) is 19.6 Å². The Balaban J connectivity index is 2.39. The van der Waals surface area contributed by atoms with E-state index in [-0.39, 0.29) is 11.9 Å². The number of nitrogens with two attached hydrogens (primary N) is 1. The first-order chi connectivity index (χ1) is 8.67. The Morgan fingerprint density at radius 2 is 1.83 bits per heavy atom. The fourth-order valence-corrected chi connectivity index (χ4v) is 2.08. The molecule has 0 saturated heterocycles. The van der Waals surface area contributed by atoms with E-state index in [1.165, 1.54) is 38.5 Å². The molecule has 0 spiro atoms. The number of nitrogens with zero attached hydrogens (tertiary/aromatic N) is 1. The second-order valence-corrected chi connectivity index (χ2v) is 5.40. The van der Waals surface area contributed by atoms with E-state index in [0.29, 0.717) is 6.04 Å². The molecule has 106 valence electrons. The molecule has 0 bridgehead atoms. The van der Waals surface area contributed by atoms with Gasteiger partial charge in [0.25, 0.3) is 0 Å². The van der Waals surface area contributed by atoms with Gasteiger partial charge in [-0.25, -0.2) is 0 Å². The summed E-state index contributed by atoms with van der Waals surface area (Å²) >= 11 is 0. The van der Waals surface area contributed by atoms with Crippen molar-refractivity contribution in [2.45, 2.75) is 64.5 Å². The van der Waals surface area contributed by atoms with Crippen LogP contribution in [0.15, 0.2) is 0 Å². The smallest absolute Gasteiger partial charge is 0.235 e. The molecule has 1 amide bonds. The molecule has 4 heteroatoms. The van der Waals surface area contributed by atoms with Crippen LogP contribution < -0.4 is 11.1 Å². The zero-order chi connectivity index (χ0) is 13.4. The highest BCUT2D eigenvalue weighted by molar-refractivity contribution is 5.80. The average molecular weight is 255 g/mol. The molecule has 0 aromatic heterocycles. The first kappa shape index (κ1) is 15.4. The highest BCUT2D eigenvalue weighted by Crippen LogP contribution is 2.19. The average Bonchev–Trinajstić information content (AvgIpc) is 3.15. The number of primary amides is 1. The molecular formula is C14H29N3O. The number of nitrogens with one attached hydrogen (secondary N) is 1. The van der Waals surface area contributed by atoms with Crippen molar-refractivity contribution in [3.63, 3.8) is 0 Å². The maximum atomic E-state index is 11.5. The van der Waals surface area contributed by atoms with Crippen LogP contribution in [0.5, 0.6) is 0 Å². The van der Waals surface area contributed by atoms with Crippen molar-refractivity contribution < 1.29 is 4.79 Å². The molecule has 0 aliphatic heterocycles. The lowest BCUT2D eigenvalue weighted by Gasteiger charge is -2.26. The first-order valence-corrected chi connectivity index (χ1v) is 7.45. The maximum absolute atomic E-state index is 11.5. The Kier molecular flexibility index (Phi) is 7.28. The highest BCUT2D eigenvalue weighted by Gasteiger charge is 2.28. The molecule has 1 rings (SSSR count). The van der Waals surface area contributed by atoms with Crippen LogP contribution >= 0.6 is 0 Å². The number of rotatable bonds is 11. The summed E-state index contributed by atoms with van der Waals surface area (Å²) in [6, 6.07) is 0.355. The van der Waals surface area contributed by atoms with E-state index >= 15 is 0 Å². The number of hydrogen-bond acceptors (Lipinski definition) is 3. The zero-order valence-corrected chi connectivity index (χ0v) is 12.0. The maximum Gasteiger partial charge on any atom is 0.235 e. The van der Waals surface area contributed by atoms with Gasteiger partial charge in [-0.1, -0.05) is 26.7 Å². The molecule has 1 saturated carbocycles. The van der Waals surface area contributed by atoms with Crippen molar-refractivity contribution in [3.8, 4) is 0 Å². The van der Waals surface area contributed by atoms with Gasteiger partial charge in [-0.2, -0.15) is 0 Å². The fraction of sp³-hybridized carbons (Fsp3) is 0.929. The summed E-state index contributed by atoms with van der Waals surface area (Å²) in [5, 5.41) is 3.36. The van der Waals surface area contributed by atoms with Crippen molar-refractivity contribution in [1.82, 2.24) is 10.2 Å². The van der Waals surface area contributed by atoms with E-state index < -0.39 is 0 Å². The van der Waals surface area contributed by atoms with E-state index in [2.05, 4.69) is 24.1 Å².